The first-order valence-corrected chi connectivity index (χ1v) is 4.81. The number of anilines is 1. The predicted octanol–water partition coefficient (Wildman–Crippen LogP) is 1.43. The van der Waals surface area contributed by atoms with Crippen LogP contribution in [0.5, 0.6) is 0 Å². The molecule has 0 amide bonds. The molecule has 0 radical (unpaired) electrons. The van der Waals surface area contributed by atoms with Crippen LogP contribution >= 0.6 is 0 Å². The van der Waals surface area contributed by atoms with Gasteiger partial charge in [0.2, 0.25) is 0 Å². The maximum atomic E-state index is 13.3. The fraction of sp³-hybridized carbons (Fsp3) is 0.364. The minimum atomic E-state index is -1.01. The van der Waals surface area contributed by atoms with Gasteiger partial charge in [-0.15, -0.1) is 0 Å². The Morgan fingerprint density at radius 2 is 2.00 bits per heavy atom. The molecular weight excluding hydrogens is 214 g/mol. The molecule has 3 nitrogen and oxygen atoms in total. The summed E-state index contributed by atoms with van der Waals surface area (Å²) in [6, 6.07) is 2.26. The van der Waals surface area contributed by atoms with Crippen molar-refractivity contribution in [2.45, 2.75) is 0 Å². The van der Waals surface area contributed by atoms with Gasteiger partial charge in [0.25, 0.3) is 0 Å². The molecule has 0 aliphatic heterocycles. The second kappa shape index (κ2) is 5.03. The van der Waals surface area contributed by atoms with Crippen molar-refractivity contribution in [3.8, 4) is 0 Å². The Hall–Kier alpha value is -1.49. The molecule has 1 aromatic carbocycles. The summed E-state index contributed by atoms with van der Waals surface area (Å²) in [4.78, 5) is 12.9. The number of halogens is 2. The number of carbonyl (C=O) groups is 1. The quantitative estimate of drug-likeness (QED) is 0.791. The van der Waals surface area contributed by atoms with Crippen LogP contribution in [0.3, 0.4) is 0 Å². The van der Waals surface area contributed by atoms with Crippen molar-refractivity contribution in [1.29, 1.82) is 0 Å². The molecule has 0 aliphatic rings. The summed E-state index contributed by atoms with van der Waals surface area (Å²) in [5.41, 5.74) is 0.233. The third kappa shape index (κ3) is 2.55. The lowest BCUT2D eigenvalue weighted by Gasteiger charge is -2.15. The normalized spacial score (nSPS) is 10.3. The van der Waals surface area contributed by atoms with Crippen LogP contribution < -0.4 is 10.2 Å². The highest BCUT2D eigenvalue weighted by atomic mass is 19.2. The summed E-state index contributed by atoms with van der Waals surface area (Å²) in [5.74, 6) is -2.22. The Morgan fingerprint density at radius 1 is 1.38 bits per heavy atom. The van der Waals surface area contributed by atoms with Gasteiger partial charge >= 0.3 is 0 Å². The molecule has 88 valence electrons. The molecule has 0 atom stereocenters. The fourth-order valence-electron chi connectivity index (χ4n) is 1.32. The van der Waals surface area contributed by atoms with Gasteiger partial charge in [0, 0.05) is 19.7 Å². The Labute approximate surface area is 93.1 Å². The van der Waals surface area contributed by atoms with E-state index in [9.17, 15) is 13.6 Å². The number of ketones is 1. The highest BCUT2D eigenvalue weighted by Gasteiger charge is 2.15. The monoisotopic (exact) mass is 228 g/mol. The number of benzene rings is 1. The Bertz CT molecular complexity index is 405. The summed E-state index contributed by atoms with van der Waals surface area (Å²) in [5, 5.41) is 2.67. The number of nitrogens with one attached hydrogen (secondary N) is 1. The van der Waals surface area contributed by atoms with Crippen LogP contribution in [-0.4, -0.2) is 33.5 Å². The van der Waals surface area contributed by atoms with Crippen LogP contribution in [0.25, 0.3) is 0 Å². The minimum Gasteiger partial charge on any atom is -0.375 e. The molecule has 1 N–H and O–H groups in total. The third-order valence-corrected chi connectivity index (χ3v) is 2.15. The first-order valence-electron chi connectivity index (χ1n) is 4.81. The average molecular weight is 228 g/mol. The van der Waals surface area contributed by atoms with Gasteiger partial charge in [-0.2, -0.15) is 0 Å². The van der Waals surface area contributed by atoms with Gasteiger partial charge in [0.15, 0.2) is 17.4 Å². The molecule has 1 rings (SSSR count). The molecule has 0 fully saturated rings. The molecular formula is C11H14F2N2O. The first kappa shape index (κ1) is 12.6. The van der Waals surface area contributed by atoms with Gasteiger partial charge in [-0.3, -0.25) is 4.79 Å². The second-order valence-corrected chi connectivity index (χ2v) is 3.64. The van der Waals surface area contributed by atoms with Crippen LogP contribution in [-0.2, 0) is 0 Å². The van der Waals surface area contributed by atoms with E-state index in [1.54, 1.807) is 21.1 Å². The van der Waals surface area contributed by atoms with E-state index in [4.69, 9.17) is 0 Å². The zero-order valence-electron chi connectivity index (χ0n) is 9.47. The van der Waals surface area contributed by atoms with E-state index in [1.807, 2.05) is 0 Å². The Kier molecular flexibility index (Phi) is 3.95. The summed E-state index contributed by atoms with van der Waals surface area (Å²) < 4.78 is 26.6. The van der Waals surface area contributed by atoms with Crippen LogP contribution in [0.2, 0.25) is 0 Å². The highest BCUT2D eigenvalue weighted by Crippen LogP contribution is 2.22. The van der Waals surface area contributed by atoms with Crippen LogP contribution in [0.15, 0.2) is 12.1 Å². The SMILES string of the molecule is CNCC(=O)c1cc(F)c(F)c(N(C)C)c1. The van der Waals surface area contributed by atoms with Crippen molar-refractivity contribution in [2.75, 3.05) is 32.6 Å². The molecule has 0 unspecified atom stereocenters. The number of hydrogen-bond acceptors (Lipinski definition) is 3. The van der Waals surface area contributed by atoms with Crippen molar-refractivity contribution in [3.63, 3.8) is 0 Å². The molecule has 0 saturated heterocycles. The Balaban J connectivity index is 3.18. The van der Waals surface area contributed by atoms with Crippen molar-refractivity contribution >= 4 is 11.5 Å². The number of likely N-dealkylation sites (N-methyl/N-ethyl adjacent to an activating group) is 1. The van der Waals surface area contributed by atoms with E-state index in [0.29, 0.717) is 0 Å². The van der Waals surface area contributed by atoms with Crippen molar-refractivity contribution < 1.29 is 13.6 Å². The fourth-order valence-corrected chi connectivity index (χ4v) is 1.32. The lowest BCUT2D eigenvalue weighted by Crippen LogP contribution is -2.20. The Morgan fingerprint density at radius 3 is 2.50 bits per heavy atom. The van der Waals surface area contributed by atoms with E-state index >= 15 is 0 Å². The molecule has 0 spiro atoms. The molecule has 1 aromatic rings. The number of rotatable bonds is 4. The lowest BCUT2D eigenvalue weighted by molar-refractivity contribution is 0.0993. The van der Waals surface area contributed by atoms with Gasteiger partial charge in [-0.1, -0.05) is 0 Å². The second-order valence-electron chi connectivity index (χ2n) is 3.64. The maximum Gasteiger partial charge on any atom is 0.182 e. The lowest BCUT2D eigenvalue weighted by atomic mass is 10.1. The number of carbonyl (C=O) groups excluding carboxylic acids is 1. The maximum absolute atomic E-state index is 13.3. The standard InChI is InChI=1S/C11H14F2N2O/c1-14-6-10(16)7-4-8(12)11(13)9(5-7)15(2)3/h4-5,14H,6H2,1-3H3. The molecule has 16 heavy (non-hydrogen) atoms. The van der Waals surface area contributed by atoms with Crippen molar-refractivity contribution in [1.82, 2.24) is 5.32 Å². The molecule has 0 saturated carbocycles. The first-order chi connectivity index (χ1) is 7.47. The van der Waals surface area contributed by atoms with Gasteiger partial charge in [-0.25, -0.2) is 8.78 Å². The summed E-state index contributed by atoms with van der Waals surface area (Å²) in [7, 11) is 4.79. The highest BCUT2D eigenvalue weighted by molar-refractivity contribution is 5.98. The molecule has 0 aromatic heterocycles. The van der Waals surface area contributed by atoms with E-state index in [0.717, 1.165) is 6.07 Å². The van der Waals surface area contributed by atoms with Crippen LogP contribution in [0.1, 0.15) is 10.4 Å². The van der Waals surface area contributed by atoms with Gasteiger partial charge in [0.05, 0.1) is 12.2 Å². The summed E-state index contributed by atoms with van der Waals surface area (Å²) in [6.07, 6.45) is 0. The predicted molar refractivity (Wildman–Crippen MR) is 58.9 cm³/mol. The number of Topliss-reactive ketones (excluding diaryl/α,β-unsaturated/α-hetero) is 1. The zero-order valence-corrected chi connectivity index (χ0v) is 9.47. The molecule has 5 heteroatoms. The van der Waals surface area contributed by atoms with Crippen molar-refractivity contribution in [3.05, 3.63) is 29.3 Å². The summed E-state index contributed by atoms with van der Waals surface area (Å²) >= 11 is 0. The van der Waals surface area contributed by atoms with E-state index in [2.05, 4.69) is 5.32 Å². The minimum absolute atomic E-state index is 0.0689. The molecule has 0 heterocycles. The number of nitrogens with zero attached hydrogens (tertiary/aromatic N) is 1. The van der Waals surface area contributed by atoms with Crippen LogP contribution in [0, 0.1) is 11.6 Å². The van der Waals surface area contributed by atoms with Crippen LogP contribution in [0.4, 0.5) is 14.5 Å². The molecule has 0 bridgehead atoms. The number of hydrogen-bond donors (Lipinski definition) is 1. The van der Waals surface area contributed by atoms with Gasteiger partial charge in [0.1, 0.15) is 0 Å². The van der Waals surface area contributed by atoms with Gasteiger partial charge in [-0.05, 0) is 19.2 Å². The van der Waals surface area contributed by atoms with E-state index in [1.165, 1.54) is 11.0 Å². The zero-order chi connectivity index (χ0) is 12.3. The summed E-state index contributed by atoms with van der Waals surface area (Å²) in [6.45, 7) is 0.0952. The smallest absolute Gasteiger partial charge is 0.182 e. The largest absolute Gasteiger partial charge is 0.375 e. The third-order valence-electron chi connectivity index (χ3n) is 2.15. The topological polar surface area (TPSA) is 32.3 Å². The van der Waals surface area contributed by atoms with E-state index in [-0.39, 0.29) is 23.6 Å². The van der Waals surface area contributed by atoms with Crippen molar-refractivity contribution in [2.24, 2.45) is 0 Å². The van der Waals surface area contributed by atoms with E-state index < -0.39 is 11.6 Å². The van der Waals surface area contributed by atoms with Gasteiger partial charge < -0.3 is 10.2 Å². The average Bonchev–Trinajstić information content (AvgIpc) is 2.21. The molecule has 0 aliphatic carbocycles.